The second kappa shape index (κ2) is 2.18. The van der Waals surface area contributed by atoms with Crippen LogP contribution >= 0.6 is 0 Å². The van der Waals surface area contributed by atoms with E-state index in [0.29, 0.717) is 0 Å². The van der Waals surface area contributed by atoms with Gasteiger partial charge in [0.2, 0.25) is 0 Å². The molecule has 0 N–H and O–H groups in total. The predicted octanol–water partition coefficient (Wildman–Crippen LogP) is 1.74. The summed E-state index contributed by atoms with van der Waals surface area (Å²) in [7, 11) is 0. The van der Waals surface area contributed by atoms with Gasteiger partial charge in [0.15, 0.2) is 0 Å². The average Bonchev–Trinajstić information content (AvgIpc) is 2.05. The maximum Gasteiger partial charge on any atom is 0.138 e. The average molecular weight is 130 g/mol. The van der Waals surface area contributed by atoms with Crippen molar-refractivity contribution in [1.29, 1.82) is 0 Å². The lowest BCUT2D eigenvalue weighted by Crippen LogP contribution is -1.94. The van der Waals surface area contributed by atoms with E-state index in [1.54, 1.807) is 12.3 Å². The van der Waals surface area contributed by atoms with E-state index in [9.17, 15) is 0 Å². The Morgan fingerprint density at radius 2 is 2.50 bits per heavy atom. The molecule has 0 spiro atoms. The van der Waals surface area contributed by atoms with Crippen LogP contribution in [0.1, 0.15) is 5.56 Å². The van der Waals surface area contributed by atoms with E-state index >= 15 is 0 Å². The minimum atomic E-state index is 0.834. The summed E-state index contributed by atoms with van der Waals surface area (Å²) in [6.45, 7) is 0. The van der Waals surface area contributed by atoms with Crippen LogP contribution in [-0.2, 0) is 6.42 Å². The molecule has 0 saturated heterocycles. The van der Waals surface area contributed by atoms with E-state index in [0.717, 1.165) is 17.7 Å². The first-order valence-electron chi connectivity index (χ1n) is 3.19. The fourth-order valence-corrected chi connectivity index (χ4v) is 0.960. The van der Waals surface area contributed by atoms with Gasteiger partial charge in [-0.25, -0.2) is 0 Å². The molecule has 1 heteroatoms. The van der Waals surface area contributed by atoms with Gasteiger partial charge in [-0.1, -0.05) is 0 Å². The standard InChI is InChI=1S/C9H6O/c1-2-6-9-8(4-1)5-3-7-10-9/h2-4,7H,5H2. The number of hydrogen-bond acceptors (Lipinski definition) is 1. The number of hydrogen-bond donors (Lipinski definition) is 0. The first-order chi connectivity index (χ1) is 4.97. The molecule has 48 valence electrons. The maximum absolute atomic E-state index is 5.17. The van der Waals surface area contributed by atoms with Crippen LogP contribution in [0.4, 0.5) is 0 Å². The second-order valence-electron chi connectivity index (χ2n) is 2.15. The Morgan fingerprint density at radius 1 is 1.50 bits per heavy atom. The Morgan fingerprint density at radius 3 is 3.40 bits per heavy atom. The largest absolute Gasteiger partial charge is 0.464 e. The van der Waals surface area contributed by atoms with Crippen molar-refractivity contribution in [2.24, 2.45) is 0 Å². The molecule has 1 aromatic carbocycles. The van der Waals surface area contributed by atoms with Crippen LogP contribution in [-0.4, -0.2) is 0 Å². The topological polar surface area (TPSA) is 9.23 Å². The van der Waals surface area contributed by atoms with Crippen molar-refractivity contribution in [3.8, 4) is 5.75 Å². The molecule has 0 aromatic heterocycles. The van der Waals surface area contributed by atoms with Gasteiger partial charge in [0, 0.05) is 6.07 Å². The summed E-state index contributed by atoms with van der Waals surface area (Å²) in [5.41, 5.74) is 1.16. The molecular weight excluding hydrogens is 124 g/mol. The van der Waals surface area contributed by atoms with Crippen LogP contribution in [0.5, 0.6) is 5.75 Å². The summed E-state index contributed by atoms with van der Waals surface area (Å²) in [6, 6.07) is 9.57. The highest BCUT2D eigenvalue weighted by Crippen LogP contribution is 2.20. The van der Waals surface area contributed by atoms with Gasteiger partial charge in [-0.2, -0.15) is 0 Å². The van der Waals surface area contributed by atoms with Gasteiger partial charge in [-0.05, 0) is 36.3 Å². The zero-order valence-electron chi connectivity index (χ0n) is 5.42. The Bertz CT molecular complexity index is 236. The highest BCUT2D eigenvalue weighted by Gasteiger charge is 2.03. The van der Waals surface area contributed by atoms with Gasteiger partial charge in [0.05, 0.1) is 6.26 Å². The molecule has 0 bridgehead atoms. The van der Waals surface area contributed by atoms with Gasteiger partial charge in [0.1, 0.15) is 5.75 Å². The summed E-state index contributed by atoms with van der Waals surface area (Å²) in [5, 5.41) is 0. The van der Waals surface area contributed by atoms with Crippen molar-refractivity contribution >= 4 is 0 Å². The number of rotatable bonds is 0. The molecule has 0 aliphatic carbocycles. The van der Waals surface area contributed by atoms with Crippen LogP contribution in [0, 0.1) is 12.1 Å². The summed E-state index contributed by atoms with van der Waals surface area (Å²) in [6.07, 6.45) is 4.60. The fraction of sp³-hybridized carbons (Fsp3) is 0.111. The van der Waals surface area contributed by atoms with Gasteiger partial charge >= 0.3 is 0 Å². The minimum Gasteiger partial charge on any atom is -0.464 e. The lowest BCUT2D eigenvalue weighted by Gasteiger charge is -2.08. The zero-order chi connectivity index (χ0) is 6.81. The number of fused-ring (bicyclic) bond motifs is 1. The summed E-state index contributed by atoms with van der Waals surface area (Å²) in [4.78, 5) is 0. The van der Waals surface area contributed by atoms with E-state index < -0.39 is 0 Å². The van der Waals surface area contributed by atoms with E-state index in [4.69, 9.17) is 4.74 Å². The highest BCUT2D eigenvalue weighted by molar-refractivity contribution is 5.35. The zero-order valence-corrected chi connectivity index (χ0v) is 5.42. The van der Waals surface area contributed by atoms with Crippen LogP contribution in [0.15, 0.2) is 24.5 Å². The maximum atomic E-state index is 5.17. The Kier molecular flexibility index (Phi) is 1.21. The smallest absolute Gasteiger partial charge is 0.138 e. The lowest BCUT2D eigenvalue weighted by molar-refractivity contribution is 0.463. The van der Waals surface area contributed by atoms with E-state index in [2.05, 4.69) is 12.1 Å². The SMILES string of the molecule is [c]1c[c]c2c(c1)CC=CO2. The quantitative estimate of drug-likeness (QED) is 0.519. The van der Waals surface area contributed by atoms with E-state index in [1.807, 2.05) is 12.1 Å². The van der Waals surface area contributed by atoms with Crippen molar-refractivity contribution in [2.45, 2.75) is 6.42 Å². The molecule has 1 aromatic rings. The molecule has 1 nitrogen and oxygen atoms in total. The number of allylic oxidation sites excluding steroid dienone is 1. The molecule has 1 aliphatic heterocycles. The highest BCUT2D eigenvalue weighted by atomic mass is 16.5. The molecule has 2 radical (unpaired) electrons. The molecular formula is C9H6O. The fourth-order valence-electron chi connectivity index (χ4n) is 0.960. The first-order valence-corrected chi connectivity index (χ1v) is 3.19. The van der Waals surface area contributed by atoms with Crippen LogP contribution in [0.25, 0.3) is 0 Å². The molecule has 1 aliphatic rings. The van der Waals surface area contributed by atoms with Gasteiger partial charge < -0.3 is 4.74 Å². The number of benzene rings is 1. The number of ether oxygens (including phenoxy) is 1. The molecule has 0 amide bonds. The van der Waals surface area contributed by atoms with Crippen molar-refractivity contribution in [3.05, 3.63) is 42.2 Å². The Labute approximate surface area is 59.9 Å². The second-order valence-corrected chi connectivity index (χ2v) is 2.15. The third kappa shape index (κ3) is 0.798. The lowest BCUT2D eigenvalue weighted by atomic mass is 10.1. The van der Waals surface area contributed by atoms with Gasteiger partial charge in [-0.3, -0.25) is 0 Å². The van der Waals surface area contributed by atoms with Crippen LogP contribution in [0.2, 0.25) is 0 Å². The molecule has 10 heavy (non-hydrogen) atoms. The molecule has 0 atom stereocenters. The van der Waals surface area contributed by atoms with E-state index in [-0.39, 0.29) is 0 Å². The summed E-state index contributed by atoms with van der Waals surface area (Å²) < 4.78 is 5.17. The third-order valence-corrected chi connectivity index (χ3v) is 1.46. The summed E-state index contributed by atoms with van der Waals surface area (Å²) >= 11 is 0. The predicted molar refractivity (Wildman–Crippen MR) is 37.6 cm³/mol. The first kappa shape index (κ1) is 5.54. The molecule has 2 rings (SSSR count). The molecule has 0 unspecified atom stereocenters. The van der Waals surface area contributed by atoms with Crippen molar-refractivity contribution < 1.29 is 4.74 Å². The Balaban J connectivity index is 2.47. The summed E-state index contributed by atoms with van der Waals surface area (Å²) in [5.74, 6) is 0.834. The van der Waals surface area contributed by atoms with Crippen molar-refractivity contribution in [2.75, 3.05) is 0 Å². The van der Waals surface area contributed by atoms with Gasteiger partial charge in [-0.15, -0.1) is 0 Å². The Hall–Kier alpha value is -1.24. The van der Waals surface area contributed by atoms with Gasteiger partial charge in [0.25, 0.3) is 0 Å². The third-order valence-electron chi connectivity index (χ3n) is 1.46. The molecule has 1 heterocycles. The minimum absolute atomic E-state index is 0.834. The van der Waals surface area contributed by atoms with E-state index in [1.165, 1.54) is 0 Å². The van der Waals surface area contributed by atoms with Crippen LogP contribution in [0.3, 0.4) is 0 Å². The van der Waals surface area contributed by atoms with Crippen LogP contribution < -0.4 is 4.74 Å². The van der Waals surface area contributed by atoms with Crippen molar-refractivity contribution in [3.63, 3.8) is 0 Å². The molecule has 0 fully saturated rings. The molecule has 0 saturated carbocycles. The monoisotopic (exact) mass is 130 g/mol. The normalized spacial score (nSPS) is 14.0. The van der Waals surface area contributed by atoms with Crippen molar-refractivity contribution in [1.82, 2.24) is 0 Å².